The second-order valence-electron chi connectivity index (χ2n) is 8.29. The molecule has 1 saturated carbocycles. The molecule has 3 rings (SSSR count). The van der Waals surface area contributed by atoms with Crippen LogP contribution >= 0.6 is 11.6 Å². The zero-order chi connectivity index (χ0) is 19.1. The number of carbonyl (C=O) groups excluding carboxylic acids is 3. The monoisotopic (exact) mass is 377 g/mol. The lowest BCUT2D eigenvalue weighted by atomic mass is 9.64. The van der Waals surface area contributed by atoms with Crippen LogP contribution < -0.4 is 10.6 Å². The van der Waals surface area contributed by atoms with E-state index in [4.69, 9.17) is 11.6 Å². The minimum Gasteiger partial charge on any atom is -0.323 e. The quantitative estimate of drug-likeness (QED) is 0.792. The van der Waals surface area contributed by atoms with Gasteiger partial charge in [-0.3, -0.25) is 14.5 Å². The van der Waals surface area contributed by atoms with Crippen molar-refractivity contribution >= 4 is 35.1 Å². The van der Waals surface area contributed by atoms with Gasteiger partial charge in [0.25, 0.3) is 5.91 Å². The molecule has 1 spiro atoms. The maximum absolute atomic E-state index is 13.0. The molecule has 1 aromatic carbocycles. The predicted molar refractivity (Wildman–Crippen MR) is 99.9 cm³/mol. The lowest BCUT2D eigenvalue weighted by Gasteiger charge is -2.43. The van der Waals surface area contributed by atoms with Crippen LogP contribution in [-0.4, -0.2) is 34.8 Å². The maximum Gasteiger partial charge on any atom is 0.325 e. The molecule has 0 aromatic heterocycles. The average Bonchev–Trinajstić information content (AvgIpc) is 2.71. The lowest BCUT2D eigenvalue weighted by Crippen LogP contribution is -2.54. The molecule has 2 atom stereocenters. The van der Waals surface area contributed by atoms with E-state index >= 15 is 0 Å². The summed E-state index contributed by atoms with van der Waals surface area (Å²) in [4.78, 5) is 38.8. The van der Waals surface area contributed by atoms with Crippen LogP contribution in [0, 0.1) is 11.3 Å². The molecule has 7 heteroatoms. The van der Waals surface area contributed by atoms with Gasteiger partial charge in [-0.25, -0.2) is 4.79 Å². The molecule has 6 nitrogen and oxygen atoms in total. The minimum atomic E-state index is -0.900. The average molecular weight is 378 g/mol. The number of carbonyl (C=O) groups is 3. The van der Waals surface area contributed by atoms with Gasteiger partial charge >= 0.3 is 6.03 Å². The minimum absolute atomic E-state index is 0.0452. The third kappa shape index (κ3) is 3.56. The Balaban J connectivity index is 1.73. The molecule has 26 heavy (non-hydrogen) atoms. The molecule has 1 saturated heterocycles. The number of amides is 4. The van der Waals surface area contributed by atoms with Crippen molar-refractivity contribution in [3.63, 3.8) is 0 Å². The molecule has 1 aliphatic carbocycles. The van der Waals surface area contributed by atoms with Crippen LogP contribution in [0.25, 0.3) is 0 Å². The number of hydrogen-bond acceptors (Lipinski definition) is 3. The predicted octanol–water partition coefficient (Wildman–Crippen LogP) is 3.42. The van der Waals surface area contributed by atoms with Crippen molar-refractivity contribution in [2.45, 2.75) is 45.6 Å². The van der Waals surface area contributed by atoms with E-state index in [1.807, 2.05) is 0 Å². The van der Waals surface area contributed by atoms with Gasteiger partial charge < -0.3 is 10.6 Å². The molecule has 4 amide bonds. The van der Waals surface area contributed by atoms with Crippen molar-refractivity contribution in [3.8, 4) is 0 Å². The van der Waals surface area contributed by atoms with Crippen LogP contribution in [0.2, 0.25) is 5.02 Å². The Morgan fingerprint density at radius 1 is 1.31 bits per heavy atom. The molecule has 1 aliphatic heterocycles. The summed E-state index contributed by atoms with van der Waals surface area (Å²) in [6, 6.07) is 6.32. The zero-order valence-electron chi connectivity index (χ0n) is 15.3. The summed E-state index contributed by atoms with van der Waals surface area (Å²) in [5.41, 5.74) is -0.493. The van der Waals surface area contributed by atoms with Crippen molar-refractivity contribution in [2.75, 3.05) is 11.9 Å². The molecular formula is C19H24ClN3O3. The number of imide groups is 1. The zero-order valence-corrected chi connectivity index (χ0v) is 16.0. The highest BCUT2D eigenvalue weighted by Gasteiger charge is 2.56. The first-order valence-corrected chi connectivity index (χ1v) is 9.18. The third-order valence-electron chi connectivity index (χ3n) is 5.07. The molecule has 0 bridgehead atoms. The van der Waals surface area contributed by atoms with Crippen LogP contribution in [-0.2, 0) is 9.59 Å². The van der Waals surface area contributed by atoms with E-state index in [1.54, 1.807) is 24.3 Å². The number of urea groups is 1. The largest absolute Gasteiger partial charge is 0.325 e. The van der Waals surface area contributed by atoms with E-state index in [2.05, 4.69) is 31.4 Å². The number of benzene rings is 1. The summed E-state index contributed by atoms with van der Waals surface area (Å²) in [5, 5.41) is 5.92. The fourth-order valence-corrected chi connectivity index (χ4v) is 4.73. The number of halogens is 1. The van der Waals surface area contributed by atoms with Crippen molar-refractivity contribution in [3.05, 3.63) is 29.3 Å². The van der Waals surface area contributed by atoms with Crippen molar-refractivity contribution in [2.24, 2.45) is 11.3 Å². The van der Waals surface area contributed by atoms with Gasteiger partial charge in [0, 0.05) is 0 Å². The fraction of sp³-hybridized carbons (Fsp3) is 0.526. The van der Waals surface area contributed by atoms with E-state index in [-0.39, 0.29) is 17.9 Å². The van der Waals surface area contributed by atoms with Crippen LogP contribution in [0.3, 0.4) is 0 Å². The maximum atomic E-state index is 13.0. The smallest absolute Gasteiger partial charge is 0.323 e. The fourth-order valence-electron chi connectivity index (χ4n) is 4.55. The molecule has 0 radical (unpaired) electrons. The van der Waals surface area contributed by atoms with Crippen LogP contribution in [0.5, 0.6) is 0 Å². The van der Waals surface area contributed by atoms with E-state index < -0.39 is 17.5 Å². The van der Waals surface area contributed by atoms with Crippen LogP contribution in [0.4, 0.5) is 10.5 Å². The molecule has 1 heterocycles. The van der Waals surface area contributed by atoms with Crippen LogP contribution in [0.1, 0.15) is 40.0 Å². The summed E-state index contributed by atoms with van der Waals surface area (Å²) < 4.78 is 0. The number of rotatable bonds is 3. The Morgan fingerprint density at radius 2 is 2.00 bits per heavy atom. The van der Waals surface area contributed by atoms with Gasteiger partial charge in [-0.2, -0.15) is 0 Å². The first-order valence-electron chi connectivity index (χ1n) is 8.80. The highest BCUT2D eigenvalue weighted by molar-refractivity contribution is 6.33. The van der Waals surface area contributed by atoms with E-state index in [0.29, 0.717) is 29.5 Å². The van der Waals surface area contributed by atoms with Crippen molar-refractivity contribution < 1.29 is 14.4 Å². The van der Waals surface area contributed by atoms with E-state index in [9.17, 15) is 14.4 Å². The number of nitrogens with zero attached hydrogens (tertiary/aromatic N) is 1. The Kier molecular flexibility index (Phi) is 4.73. The summed E-state index contributed by atoms with van der Waals surface area (Å²) in [5.74, 6) is -0.446. The van der Waals surface area contributed by atoms with Gasteiger partial charge in [0.15, 0.2) is 0 Å². The highest BCUT2D eigenvalue weighted by atomic mass is 35.5. The molecule has 2 aliphatic rings. The number of nitrogens with one attached hydrogen (secondary N) is 2. The molecule has 1 aromatic rings. The Hall–Kier alpha value is -2.08. The molecule has 140 valence electrons. The van der Waals surface area contributed by atoms with Gasteiger partial charge in [-0.05, 0) is 42.7 Å². The van der Waals surface area contributed by atoms with Crippen molar-refractivity contribution in [1.82, 2.24) is 10.2 Å². The summed E-state index contributed by atoms with van der Waals surface area (Å²) in [7, 11) is 0. The number of hydrogen-bond donors (Lipinski definition) is 2. The van der Waals surface area contributed by atoms with E-state index in [0.717, 1.165) is 11.3 Å². The first-order chi connectivity index (χ1) is 12.1. The number of para-hydroxylation sites is 1. The SMILES string of the molecule is CC1CC(C)(C)CC2(C1)NC(=O)N(CC(=O)Nc1ccccc1Cl)C2=O. The Bertz CT molecular complexity index is 764. The molecule has 2 fully saturated rings. The molecule has 2 N–H and O–H groups in total. The second kappa shape index (κ2) is 6.58. The Labute approximate surface area is 158 Å². The highest BCUT2D eigenvalue weighted by Crippen LogP contribution is 2.46. The topological polar surface area (TPSA) is 78.5 Å². The molecular weight excluding hydrogens is 354 g/mol. The normalized spacial score (nSPS) is 27.5. The third-order valence-corrected chi connectivity index (χ3v) is 5.40. The lowest BCUT2D eigenvalue weighted by molar-refractivity contribution is -0.136. The summed E-state index contributed by atoms with van der Waals surface area (Å²) >= 11 is 6.03. The van der Waals surface area contributed by atoms with Crippen molar-refractivity contribution in [1.29, 1.82) is 0 Å². The first kappa shape index (κ1) is 18.7. The van der Waals surface area contributed by atoms with E-state index in [1.165, 1.54) is 0 Å². The van der Waals surface area contributed by atoms with Gasteiger partial charge in [-0.15, -0.1) is 0 Å². The molecule has 2 unspecified atom stereocenters. The van der Waals surface area contributed by atoms with Gasteiger partial charge in [-0.1, -0.05) is 44.5 Å². The summed E-state index contributed by atoms with van der Waals surface area (Å²) in [6.07, 6.45) is 2.19. The second-order valence-corrected chi connectivity index (χ2v) is 8.69. The Morgan fingerprint density at radius 3 is 2.65 bits per heavy atom. The van der Waals surface area contributed by atoms with Gasteiger partial charge in [0.1, 0.15) is 12.1 Å². The summed E-state index contributed by atoms with van der Waals surface area (Å²) in [6.45, 7) is 5.98. The van der Waals surface area contributed by atoms with Gasteiger partial charge in [0.05, 0.1) is 10.7 Å². The van der Waals surface area contributed by atoms with Gasteiger partial charge in [0.2, 0.25) is 5.91 Å². The van der Waals surface area contributed by atoms with Crippen LogP contribution in [0.15, 0.2) is 24.3 Å². The standard InChI is InChI=1S/C19H24ClN3O3/c1-12-8-18(2,3)11-19(9-12)16(25)23(17(26)22-19)10-15(24)21-14-7-5-4-6-13(14)20/h4-7,12H,8-11H2,1-3H3,(H,21,24)(H,22,26). The number of anilines is 1.